The van der Waals surface area contributed by atoms with E-state index in [1.54, 1.807) is 11.5 Å². The zero-order valence-corrected chi connectivity index (χ0v) is 20.0. The molecule has 3 heterocycles. The van der Waals surface area contributed by atoms with E-state index in [-0.39, 0.29) is 30.2 Å². The Morgan fingerprint density at radius 3 is 2.67 bits per heavy atom. The summed E-state index contributed by atoms with van der Waals surface area (Å²) in [7, 11) is 0. The van der Waals surface area contributed by atoms with Gasteiger partial charge in [0.25, 0.3) is 0 Å². The van der Waals surface area contributed by atoms with Crippen molar-refractivity contribution in [3.05, 3.63) is 63.8 Å². The van der Waals surface area contributed by atoms with Crippen LogP contribution in [0.25, 0.3) is 22.1 Å². The average molecular weight is 449 g/mol. The van der Waals surface area contributed by atoms with Crippen molar-refractivity contribution < 1.29 is 9.53 Å². The molecule has 33 heavy (non-hydrogen) atoms. The largest absolute Gasteiger partial charge is 0.466 e. The van der Waals surface area contributed by atoms with Gasteiger partial charge in [-0.2, -0.15) is 0 Å². The smallest absolute Gasteiger partial charge is 0.331 e. The normalized spacial score (nSPS) is 13.5. The molecule has 0 amide bonds. The van der Waals surface area contributed by atoms with Gasteiger partial charge in [-0.05, 0) is 57.9 Å². The Kier molecular flexibility index (Phi) is 6.40. The lowest BCUT2D eigenvalue weighted by atomic mass is 10.0. The van der Waals surface area contributed by atoms with E-state index in [1.165, 1.54) is 0 Å². The SMILES string of the molecule is CCCC(CC(=O)OCC)n1c(=O)n([C@@H](C)c2c[nH]c3cccc(C)c23)c2ccc(C)nc21. The summed E-state index contributed by atoms with van der Waals surface area (Å²) >= 11 is 0. The Hall–Kier alpha value is -3.35. The highest BCUT2D eigenvalue weighted by molar-refractivity contribution is 5.87. The number of H-pyrrole nitrogens is 1. The number of pyridine rings is 1. The summed E-state index contributed by atoms with van der Waals surface area (Å²) in [6.07, 6.45) is 3.67. The van der Waals surface area contributed by atoms with Crippen molar-refractivity contribution >= 4 is 28.0 Å². The summed E-state index contributed by atoms with van der Waals surface area (Å²) in [5, 5.41) is 1.13. The van der Waals surface area contributed by atoms with Gasteiger partial charge in [-0.3, -0.25) is 13.9 Å². The van der Waals surface area contributed by atoms with Gasteiger partial charge in [0.2, 0.25) is 0 Å². The monoisotopic (exact) mass is 448 g/mol. The Bertz CT molecular complexity index is 1360. The molecular weight excluding hydrogens is 416 g/mol. The summed E-state index contributed by atoms with van der Waals surface area (Å²) in [5.74, 6) is -0.295. The Labute approximate surface area is 193 Å². The highest BCUT2D eigenvalue weighted by Gasteiger charge is 2.27. The Balaban J connectivity index is 1.92. The molecule has 0 spiro atoms. The molecule has 174 valence electrons. The van der Waals surface area contributed by atoms with Crippen molar-refractivity contribution in [2.75, 3.05) is 6.61 Å². The maximum Gasteiger partial charge on any atom is 0.331 e. The summed E-state index contributed by atoms with van der Waals surface area (Å²) < 4.78 is 8.72. The second-order valence-corrected chi connectivity index (χ2v) is 8.69. The van der Waals surface area contributed by atoms with Crippen LogP contribution in [0.4, 0.5) is 0 Å². The first-order valence-electron chi connectivity index (χ1n) is 11.7. The van der Waals surface area contributed by atoms with Crippen LogP contribution in [0.1, 0.15) is 68.9 Å². The molecule has 2 atom stereocenters. The van der Waals surface area contributed by atoms with Crippen molar-refractivity contribution in [3.8, 4) is 0 Å². The third-order valence-electron chi connectivity index (χ3n) is 6.37. The Morgan fingerprint density at radius 2 is 1.94 bits per heavy atom. The van der Waals surface area contributed by atoms with Crippen LogP contribution in [0.15, 0.2) is 41.3 Å². The molecule has 0 aliphatic heterocycles. The molecule has 7 nitrogen and oxygen atoms in total. The summed E-state index contributed by atoms with van der Waals surface area (Å²) in [6, 6.07) is 9.52. The molecule has 3 aromatic heterocycles. The molecule has 1 N–H and O–H groups in total. The zero-order valence-electron chi connectivity index (χ0n) is 20.0. The minimum absolute atomic E-state index is 0.150. The molecule has 7 heteroatoms. The predicted molar refractivity (Wildman–Crippen MR) is 131 cm³/mol. The molecule has 4 rings (SSSR count). The fourth-order valence-electron chi connectivity index (χ4n) is 4.85. The lowest BCUT2D eigenvalue weighted by Gasteiger charge is -2.17. The number of imidazole rings is 1. The zero-order chi connectivity index (χ0) is 23.7. The molecule has 1 unspecified atom stereocenters. The van der Waals surface area contributed by atoms with E-state index in [0.717, 1.165) is 39.7 Å². The number of carbonyl (C=O) groups is 1. The van der Waals surface area contributed by atoms with Crippen LogP contribution in [-0.4, -0.2) is 31.7 Å². The number of nitrogens with zero attached hydrogens (tertiary/aromatic N) is 3. The number of nitrogens with one attached hydrogen (secondary N) is 1. The number of aromatic amines is 1. The van der Waals surface area contributed by atoms with Gasteiger partial charge in [-0.25, -0.2) is 9.78 Å². The van der Waals surface area contributed by atoms with E-state index in [1.807, 2.05) is 48.9 Å². The third-order valence-corrected chi connectivity index (χ3v) is 6.37. The quantitative estimate of drug-likeness (QED) is 0.376. The number of hydrogen-bond acceptors (Lipinski definition) is 4. The van der Waals surface area contributed by atoms with Crippen molar-refractivity contribution in [1.82, 2.24) is 19.1 Å². The van der Waals surface area contributed by atoms with Crippen molar-refractivity contribution in [1.29, 1.82) is 0 Å². The summed E-state index contributed by atoms with van der Waals surface area (Å²) in [6.45, 7) is 10.2. The van der Waals surface area contributed by atoms with Gasteiger partial charge >= 0.3 is 11.7 Å². The van der Waals surface area contributed by atoms with Gasteiger partial charge in [0.15, 0.2) is 5.65 Å². The maximum atomic E-state index is 13.9. The van der Waals surface area contributed by atoms with Gasteiger partial charge in [0.05, 0.1) is 30.6 Å². The van der Waals surface area contributed by atoms with E-state index in [2.05, 4.69) is 24.9 Å². The second-order valence-electron chi connectivity index (χ2n) is 8.69. The van der Waals surface area contributed by atoms with Gasteiger partial charge in [-0.1, -0.05) is 25.5 Å². The second kappa shape index (κ2) is 9.25. The number of ether oxygens (including phenoxy) is 1. The van der Waals surface area contributed by atoms with Crippen LogP contribution in [0.2, 0.25) is 0 Å². The van der Waals surface area contributed by atoms with Crippen LogP contribution in [0.5, 0.6) is 0 Å². The number of rotatable bonds is 8. The van der Waals surface area contributed by atoms with E-state index in [9.17, 15) is 9.59 Å². The lowest BCUT2D eigenvalue weighted by Crippen LogP contribution is -2.31. The first-order valence-corrected chi connectivity index (χ1v) is 11.7. The highest BCUT2D eigenvalue weighted by atomic mass is 16.5. The third kappa shape index (κ3) is 4.08. The standard InChI is InChI=1S/C26H32N4O3/c1-6-9-19(14-23(31)33-7-2)30-25-22(13-12-17(4)28-25)29(26(30)32)18(5)20-15-27-21-11-8-10-16(3)24(20)21/h8,10-13,15,18-19,27H,6-7,9,14H2,1-5H3/t18-,19?/m0/s1. The number of aryl methyl sites for hydroxylation is 2. The number of hydrogen-bond donors (Lipinski definition) is 1. The average Bonchev–Trinajstić information content (AvgIpc) is 3.32. The Morgan fingerprint density at radius 1 is 1.15 bits per heavy atom. The predicted octanol–water partition coefficient (Wildman–Crippen LogP) is 5.20. The molecule has 1 aromatic carbocycles. The molecule has 0 bridgehead atoms. The van der Waals surface area contributed by atoms with Gasteiger partial charge in [0.1, 0.15) is 0 Å². The molecular formula is C26H32N4O3. The number of fused-ring (bicyclic) bond motifs is 2. The van der Waals surface area contributed by atoms with E-state index >= 15 is 0 Å². The molecule has 0 aliphatic rings. The topological polar surface area (TPSA) is 81.9 Å². The van der Waals surface area contributed by atoms with E-state index < -0.39 is 0 Å². The molecule has 0 radical (unpaired) electrons. The summed E-state index contributed by atoms with van der Waals surface area (Å²) in [4.78, 5) is 34.4. The number of esters is 1. The fraction of sp³-hybridized carbons (Fsp3) is 0.423. The van der Waals surface area contributed by atoms with E-state index in [4.69, 9.17) is 9.72 Å². The van der Waals surface area contributed by atoms with Crippen LogP contribution in [-0.2, 0) is 9.53 Å². The fourth-order valence-corrected chi connectivity index (χ4v) is 4.85. The van der Waals surface area contributed by atoms with Crippen molar-refractivity contribution in [2.24, 2.45) is 0 Å². The molecule has 0 fully saturated rings. The van der Waals surface area contributed by atoms with Crippen LogP contribution in [0.3, 0.4) is 0 Å². The van der Waals surface area contributed by atoms with Crippen molar-refractivity contribution in [2.45, 2.75) is 66.0 Å². The minimum Gasteiger partial charge on any atom is -0.466 e. The van der Waals surface area contributed by atoms with E-state index in [0.29, 0.717) is 18.7 Å². The molecule has 0 aliphatic carbocycles. The maximum absolute atomic E-state index is 13.9. The van der Waals surface area contributed by atoms with Crippen LogP contribution in [0, 0.1) is 13.8 Å². The molecule has 0 saturated carbocycles. The van der Waals surface area contributed by atoms with Gasteiger partial charge in [0, 0.05) is 28.4 Å². The number of aromatic nitrogens is 4. The number of benzene rings is 1. The van der Waals surface area contributed by atoms with Crippen LogP contribution < -0.4 is 5.69 Å². The first-order chi connectivity index (χ1) is 15.9. The number of carbonyl (C=O) groups excluding carboxylic acids is 1. The lowest BCUT2D eigenvalue weighted by molar-refractivity contribution is -0.144. The van der Waals surface area contributed by atoms with Gasteiger partial charge < -0.3 is 9.72 Å². The highest BCUT2D eigenvalue weighted by Crippen LogP contribution is 2.31. The minimum atomic E-state index is -0.309. The molecule has 0 saturated heterocycles. The van der Waals surface area contributed by atoms with Crippen molar-refractivity contribution in [3.63, 3.8) is 0 Å². The van der Waals surface area contributed by atoms with Gasteiger partial charge in [-0.15, -0.1) is 0 Å². The summed E-state index contributed by atoms with van der Waals surface area (Å²) in [5.41, 5.74) is 5.33. The molecule has 4 aromatic rings. The first kappa shape index (κ1) is 22.8. The van der Waals surface area contributed by atoms with Crippen LogP contribution >= 0.6 is 0 Å².